The quantitative estimate of drug-likeness (QED) is 0.819. The van der Waals surface area contributed by atoms with Gasteiger partial charge in [0.1, 0.15) is 0 Å². The van der Waals surface area contributed by atoms with Crippen LogP contribution in [0.4, 0.5) is 0 Å². The number of carbonyl (C=O) groups excluding carboxylic acids is 2. The lowest BCUT2D eigenvalue weighted by Gasteiger charge is -2.40. The first-order valence-electron chi connectivity index (χ1n) is 9.03. The number of guanidine groups is 1. The number of carbonyl (C=O) groups is 2. The van der Waals surface area contributed by atoms with Crippen LogP contribution in [0, 0.1) is 0 Å². The lowest BCUT2D eigenvalue weighted by molar-refractivity contribution is -0.136. The molecule has 2 aliphatic rings. The van der Waals surface area contributed by atoms with Crippen molar-refractivity contribution in [2.24, 2.45) is 4.99 Å². The Morgan fingerprint density at radius 1 is 0.963 bits per heavy atom. The molecule has 138 valence electrons. The number of ether oxygens (including phenoxy) is 1. The molecule has 1 saturated heterocycles. The third-order valence-corrected chi connectivity index (χ3v) is 5.04. The van der Waals surface area contributed by atoms with E-state index in [0.717, 1.165) is 11.1 Å². The van der Waals surface area contributed by atoms with Gasteiger partial charge in [0.15, 0.2) is 5.54 Å². The topological polar surface area (TPSA) is 62.2 Å². The summed E-state index contributed by atoms with van der Waals surface area (Å²) in [6, 6.07) is 18.8. The summed E-state index contributed by atoms with van der Waals surface area (Å²) in [5.41, 5.74) is 0.161. The summed E-state index contributed by atoms with van der Waals surface area (Å²) < 4.78 is 5.42. The Morgan fingerprint density at radius 2 is 1.48 bits per heavy atom. The van der Waals surface area contributed by atoms with Crippen LogP contribution in [0.1, 0.15) is 18.1 Å². The fourth-order valence-electron chi connectivity index (χ4n) is 3.85. The minimum absolute atomic E-state index is 0.223. The molecule has 0 aliphatic carbocycles. The molecule has 0 N–H and O–H groups in total. The van der Waals surface area contributed by atoms with E-state index in [1.165, 1.54) is 6.92 Å². The van der Waals surface area contributed by atoms with Crippen molar-refractivity contribution < 1.29 is 14.3 Å². The molecule has 0 bridgehead atoms. The van der Waals surface area contributed by atoms with Crippen LogP contribution in [-0.4, -0.2) is 53.9 Å². The zero-order valence-electron chi connectivity index (χ0n) is 15.2. The predicted molar refractivity (Wildman–Crippen MR) is 101 cm³/mol. The van der Waals surface area contributed by atoms with Crippen LogP contribution >= 0.6 is 0 Å². The maximum Gasteiger partial charge on any atom is 0.284 e. The van der Waals surface area contributed by atoms with E-state index in [2.05, 4.69) is 4.99 Å². The van der Waals surface area contributed by atoms with Gasteiger partial charge < -0.3 is 9.64 Å². The van der Waals surface area contributed by atoms with Gasteiger partial charge in [0, 0.05) is 20.0 Å². The van der Waals surface area contributed by atoms with Gasteiger partial charge in [-0.15, -0.1) is 0 Å². The third-order valence-electron chi connectivity index (χ3n) is 5.04. The van der Waals surface area contributed by atoms with Crippen molar-refractivity contribution >= 4 is 17.8 Å². The molecule has 2 amide bonds. The third kappa shape index (κ3) is 2.73. The number of rotatable bonds is 2. The second-order valence-corrected chi connectivity index (χ2v) is 6.61. The van der Waals surface area contributed by atoms with Crippen LogP contribution in [0.25, 0.3) is 0 Å². The maximum atomic E-state index is 13.4. The fraction of sp³-hybridized carbons (Fsp3) is 0.286. The van der Waals surface area contributed by atoms with E-state index in [-0.39, 0.29) is 11.8 Å². The molecule has 0 atom stereocenters. The number of hydrogen-bond donors (Lipinski definition) is 0. The van der Waals surface area contributed by atoms with Gasteiger partial charge in [0.05, 0.1) is 13.2 Å². The van der Waals surface area contributed by atoms with Gasteiger partial charge in [-0.3, -0.25) is 14.5 Å². The molecule has 2 aromatic rings. The summed E-state index contributed by atoms with van der Waals surface area (Å²) in [7, 11) is 0. The summed E-state index contributed by atoms with van der Waals surface area (Å²) in [6.45, 7) is 3.76. The van der Waals surface area contributed by atoms with Crippen molar-refractivity contribution in [3.63, 3.8) is 0 Å². The Balaban J connectivity index is 1.92. The molecule has 2 aliphatic heterocycles. The largest absolute Gasteiger partial charge is 0.378 e. The predicted octanol–water partition coefficient (Wildman–Crippen LogP) is 2.01. The molecule has 2 heterocycles. The standard InChI is InChI=1S/C21H21N3O3/c1-16(25)24-20(23-12-14-27-15-13-23)22-19(26)21(24,17-8-4-2-5-9-17)18-10-6-3-7-11-18/h2-11H,12-15H2,1H3. The summed E-state index contributed by atoms with van der Waals surface area (Å²) in [5, 5.41) is 0. The van der Waals surface area contributed by atoms with Crippen LogP contribution < -0.4 is 0 Å². The monoisotopic (exact) mass is 363 g/mol. The van der Waals surface area contributed by atoms with E-state index >= 15 is 0 Å². The van der Waals surface area contributed by atoms with Crippen molar-refractivity contribution in [3.05, 3.63) is 71.8 Å². The van der Waals surface area contributed by atoms with Crippen molar-refractivity contribution in [2.75, 3.05) is 26.3 Å². The molecule has 0 spiro atoms. The molecule has 4 rings (SSSR count). The van der Waals surface area contributed by atoms with Gasteiger partial charge in [0.25, 0.3) is 5.91 Å². The molecular formula is C21H21N3O3. The Hall–Kier alpha value is -2.99. The van der Waals surface area contributed by atoms with Gasteiger partial charge in [-0.2, -0.15) is 4.99 Å². The molecule has 6 nitrogen and oxygen atoms in total. The number of nitrogens with zero attached hydrogens (tertiary/aromatic N) is 3. The van der Waals surface area contributed by atoms with E-state index in [0.29, 0.717) is 32.3 Å². The lowest BCUT2D eigenvalue weighted by atomic mass is 9.81. The highest BCUT2D eigenvalue weighted by Gasteiger charge is 2.56. The van der Waals surface area contributed by atoms with Crippen LogP contribution in [0.3, 0.4) is 0 Å². The Morgan fingerprint density at radius 3 is 1.96 bits per heavy atom. The minimum atomic E-state index is -1.29. The van der Waals surface area contributed by atoms with Crippen molar-refractivity contribution in [3.8, 4) is 0 Å². The second kappa shape index (κ2) is 6.96. The summed E-state index contributed by atoms with van der Waals surface area (Å²) >= 11 is 0. The minimum Gasteiger partial charge on any atom is -0.378 e. The normalized spacial score (nSPS) is 19.1. The maximum absolute atomic E-state index is 13.4. The fourth-order valence-corrected chi connectivity index (χ4v) is 3.85. The number of aliphatic imine (C=N–C) groups is 1. The molecule has 27 heavy (non-hydrogen) atoms. The Kier molecular flexibility index (Phi) is 4.49. The molecule has 0 aromatic heterocycles. The van der Waals surface area contributed by atoms with E-state index in [1.54, 1.807) is 4.90 Å². The number of morpholine rings is 1. The number of hydrogen-bond acceptors (Lipinski definition) is 4. The zero-order valence-corrected chi connectivity index (χ0v) is 15.2. The summed E-state index contributed by atoms with van der Waals surface area (Å²) in [6.07, 6.45) is 0. The SMILES string of the molecule is CC(=O)N1C(N2CCOCC2)=NC(=O)C1(c1ccccc1)c1ccccc1. The first-order chi connectivity index (χ1) is 13.2. The lowest BCUT2D eigenvalue weighted by Crippen LogP contribution is -2.57. The van der Waals surface area contributed by atoms with Crippen molar-refractivity contribution in [1.82, 2.24) is 9.80 Å². The van der Waals surface area contributed by atoms with E-state index in [1.807, 2.05) is 65.6 Å². The average Bonchev–Trinajstić information content (AvgIpc) is 3.04. The molecule has 2 aromatic carbocycles. The highest BCUT2D eigenvalue weighted by atomic mass is 16.5. The van der Waals surface area contributed by atoms with E-state index in [9.17, 15) is 9.59 Å². The van der Waals surface area contributed by atoms with Crippen LogP contribution in [-0.2, 0) is 19.9 Å². The van der Waals surface area contributed by atoms with Gasteiger partial charge in [-0.1, -0.05) is 60.7 Å². The molecule has 0 unspecified atom stereocenters. The van der Waals surface area contributed by atoms with Gasteiger partial charge in [-0.05, 0) is 11.1 Å². The van der Waals surface area contributed by atoms with Crippen LogP contribution in [0.5, 0.6) is 0 Å². The zero-order chi connectivity index (χ0) is 18.9. The van der Waals surface area contributed by atoms with Crippen LogP contribution in [0.2, 0.25) is 0 Å². The van der Waals surface area contributed by atoms with Gasteiger partial charge in [-0.25, -0.2) is 0 Å². The van der Waals surface area contributed by atoms with Crippen molar-refractivity contribution in [1.29, 1.82) is 0 Å². The Bertz CT molecular complexity index is 835. The second-order valence-electron chi connectivity index (χ2n) is 6.61. The van der Waals surface area contributed by atoms with Crippen molar-refractivity contribution in [2.45, 2.75) is 12.5 Å². The van der Waals surface area contributed by atoms with E-state index < -0.39 is 5.54 Å². The average molecular weight is 363 g/mol. The van der Waals surface area contributed by atoms with Gasteiger partial charge in [0.2, 0.25) is 11.9 Å². The van der Waals surface area contributed by atoms with Gasteiger partial charge >= 0.3 is 0 Å². The smallest absolute Gasteiger partial charge is 0.284 e. The number of amides is 2. The molecular weight excluding hydrogens is 342 g/mol. The molecule has 0 saturated carbocycles. The summed E-state index contributed by atoms with van der Waals surface area (Å²) in [5.74, 6) is -0.168. The highest BCUT2D eigenvalue weighted by Crippen LogP contribution is 2.42. The molecule has 6 heteroatoms. The Labute approximate surface area is 158 Å². The van der Waals surface area contributed by atoms with E-state index in [4.69, 9.17) is 4.74 Å². The number of benzene rings is 2. The molecule has 0 radical (unpaired) electrons. The first-order valence-corrected chi connectivity index (χ1v) is 9.03. The summed E-state index contributed by atoms with van der Waals surface area (Å²) in [4.78, 5) is 34.1. The molecule has 1 fully saturated rings. The highest BCUT2D eigenvalue weighted by molar-refractivity contribution is 6.14. The van der Waals surface area contributed by atoms with Crippen LogP contribution in [0.15, 0.2) is 65.7 Å². The first kappa shape index (κ1) is 17.4.